The molecule has 32 heavy (non-hydrogen) atoms. The molecule has 2 atom stereocenters. The molecule has 0 aromatic heterocycles. The molecular weight excluding hydrogens is 398 g/mol. The zero-order valence-corrected chi connectivity index (χ0v) is 19.3. The van der Waals surface area contributed by atoms with E-state index >= 15 is 0 Å². The Labute approximate surface area is 190 Å². The lowest BCUT2D eigenvalue weighted by Gasteiger charge is -2.32. The minimum absolute atomic E-state index is 0.135. The molecule has 0 bridgehead atoms. The summed E-state index contributed by atoms with van der Waals surface area (Å²) in [6.07, 6.45) is 3.32. The third-order valence-electron chi connectivity index (χ3n) is 6.74. The first-order valence-electron chi connectivity index (χ1n) is 11.7. The number of amides is 1. The van der Waals surface area contributed by atoms with Crippen molar-refractivity contribution in [2.24, 2.45) is 5.92 Å². The van der Waals surface area contributed by atoms with Crippen LogP contribution >= 0.6 is 0 Å². The second-order valence-electron chi connectivity index (χ2n) is 9.00. The Morgan fingerprint density at radius 2 is 1.97 bits per heavy atom. The van der Waals surface area contributed by atoms with E-state index in [1.54, 1.807) is 7.11 Å². The van der Waals surface area contributed by atoms with Crippen molar-refractivity contribution in [1.29, 1.82) is 0 Å². The van der Waals surface area contributed by atoms with E-state index in [0.717, 1.165) is 47.8 Å². The molecule has 4 nitrogen and oxygen atoms in total. The summed E-state index contributed by atoms with van der Waals surface area (Å²) >= 11 is 0. The van der Waals surface area contributed by atoms with Crippen LogP contribution in [-0.4, -0.2) is 36.1 Å². The number of hydrogen-bond acceptors (Lipinski definition) is 3. The van der Waals surface area contributed by atoms with Crippen LogP contribution in [0, 0.1) is 5.92 Å². The second-order valence-corrected chi connectivity index (χ2v) is 9.00. The number of likely N-dealkylation sites (tertiary alicyclic amines) is 1. The van der Waals surface area contributed by atoms with Crippen LogP contribution in [0.5, 0.6) is 11.5 Å². The number of carbonyl (C=O) groups excluding carboxylic acids is 1. The Morgan fingerprint density at radius 1 is 1.19 bits per heavy atom. The van der Waals surface area contributed by atoms with Gasteiger partial charge in [-0.05, 0) is 59.2 Å². The number of nitrogens with zero attached hydrogens (tertiary/aromatic N) is 1. The molecule has 3 aromatic carbocycles. The summed E-state index contributed by atoms with van der Waals surface area (Å²) in [4.78, 5) is 15.5. The van der Waals surface area contributed by atoms with Gasteiger partial charge in [0.05, 0.1) is 7.11 Å². The van der Waals surface area contributed by atoms with Gasteiger partial charge in [-0.1, -0.05) is 56.3 Å². The molecule has 2 unspecified atom stereocenters. The molecule has 1 heterocycles. The Balaban J connectivity index is 1.83. The number of fused-ring (bicyclic) bond motifs is 1. The minimum Gasteiger partial charge on any atom is -0.507 e. The number of benzene rings is 3. The summed E-state index contributed by atoms with van der Waals surface area (Å²) < 4.78 is 5.74. The van der Waals surface area contributed by atoms with Gasteiger partial charge >= 0.3 is 0 Å². The topological polar surface area (TPSA) is 49.8 Å². The van der Waals surface area contributed by atoms with Crippen molar-refractivity contribution < 1.29 is 14.6 Å². The maximum absolute atomic E-state index is 13.5. The standard InChI is InChI=1S/C28H33NO3/c1-4-20-15-25(30)28(26(16-20)32-3)24(17-27(31)29-14-8-9-19(2)18-29)23-13-7-11-21-10-5-6-12-22(21)23/h5-7,10-13,15-16,19,24,30H,4,8-9,14,17-18H2,1-3H3. The molecule has 1 amide bonds. The molecule has 4 rings (SSSR count). The van der Waals surface area contributed by atoms with E-state index in [1.807, 2.05) is 35.2 Å². The number of carbonyl (C=O) groups is 1. The Hall–Kier alpha value is -3.01. The molecular formula is C28H33NO3. The van der Waals surface area contributed by atoms with E-state index in [4.69, 9.17) is 4.74 Å². The van der Waals surface area contributed by atoms with Crippen LogP contribution < -0.4 is 4.74 Å². The van der Waals surface area contributed by atoms with E-state index in [9.17, 15) is 9.90 Å². The van der Waals surface area contributed by atoms with Crippen LogP contribution in [0.3, 0.4) is 0 Å². The predicted octanol–water partition coefficient (Wildman–Crippen LogP) is 5.90. The molecule has 0 radical (unpaired) electrons. The quantitative estimate of drug-likeness (QED) is 0.529. The number of ether oxygens (including phenoxy) is 1. The number of rotatable bonds is 6. The Kier molecular flexibility index (Phi) is 6.69. The lowest BCUT2D eigenvalue weighted by Crippen LogP contribution is -2.39. The van der Waals surface area contributed by atoms with Gasteiger partial charge < -0.3 is 14.7 Å². The smallest absolute Gasteiger partial charge is 0.223 e. The zero-order valence-electron chi connectivity index (χ0n) is 19.3. The average Bonchev–Trinajstić information content (AvgIpc) is 2.81. The van der Waals surface area contributed by atoms with Crippen molar-refractivity contribution >= 4 is 16.7 Å². The third kappa shape index (κ3) is 4.45. The van der Waals surface area contributed by atoms with Gasteiger partial charge in [0, 0.05) is 31.0 Å². The van der Waals surface area contributed by atoms with Crippen molar-refractivity contribution in [2.75, 3.05) is 20.2 Å². The number of methoxy groups -OCH3 is 1. The van der Waals surface area contributed by atoms with Crippen molar-refractivity contribution in [3.05, 3.63) is 71.3 Å². The van der Waals surface area contributed by atoms with E-state index in [-0.39, 0.29) is 17.6 Å². The van der Waals surface area contributed by atoms with Crippen LogP contribution in [0.1, 0.15) is 55.7 Å². The van der Waals surface area contributed by atoms with Gasteiger partial charge in [-0.15, -0.1) is 0 Å². The highest BCUT2D eigenvalue weighted by Crippen LogP contribution is 2.43. The lowest BCUT2D eigenvalue weighted by molar-refractivity contribution is -0.133. The first kappa shape index (κ1) is 22.2. The molecule has 1 aliphatic rings. The minimum atomic E-state index is -0.299. The van der Waals surface area contributed by atoms with Gasteiger partial charge in [0.25, 0.3) is 0 Å². The summed E-state index contributed by atoms with van der Waals surface area (Å²) in [5.41, 5.74) is 2.75. The van der Waals surface area contributed by atoms with E-state index < -0.39 is 0 Å². The normalized spacial score (nSPS) is 17.3. The SMILES string of the molecule is CCc1cc(O)c(C(CC(=O)N2CCCC(C)C2)c2cccc3ccccc23)c(OC)c1. The molecule has 1 N–H and O–H groups in total. The number of piperidine rings is 1. The highest BCUT2D eigenvalue weighted by Gasteiger charge is 2.30. The first-order chi connectivity index (χ1) is 15.5. The Bertz CT molecular complexity index is 1100. The lowest BCUT2D eigenvalue weighted by atomic mass is 9.83. The van der Waals surface area contributed by atoms with Crippen molar-refractivity contribution in [3.8, 4) is 11.5 Å². The third-order valence-corrected chi connectivity index (χ3v) is 6.74. The number of hydrogen-bond donors (Lipinski definition) is 1. The fourth-order valence-electron chi connectivity index (χ4n) is 5.03. The largest absolute Gasteiger partial charge is 0.507 e. The first-order valence-corrected chi connectivity index (χ1v) is 11.7. The number of phenolic OH excluding ortho intramolecular Hbond substituents is 1. The zero-order chi connectivity index (χ0) is 22.7. The summed E-state index contributed by atoms with van der Waals surface area (Å²) in [5.74, 6) is 1.19. The predicted molar refractivity (Wildman–Crippen MR) is 129 cm³/mol. The highest BCUT2D eigenvalue weighted by atomic mass is 16.5. The molecule has 0 saturated carbocycles. The molecule has 1 aliphatic heterocycles. The number of aryl methyl sites for hydroxylation is 1. The van der Waals surface area contributed by atoms with Crippen molar-refractivity contribution in [1.82, 2.24) is 4.90 Å². The molecule has 1 fully saturated rings. The van der Waals surface area contributed by atoms with Crippen LogP contribution in [0.15, 0.2) is 54.6 Å². The Morgan fingerprint density at radius 3 is 2.72 bits per heavy atom. The molecule has 168 valence electrons. The van der Waals surface area contributed by atoms with Gasteiger partial charge in [0.1, 0.15) is 11.5 Å². The summed E-state index contributed by atoms with van der Waals surface area (Å²) in [5, 5.41) is 13.3. The fraction of sp³-hybridized carbons (Fsp3) is 0.393. The van der Waals surface area contributed by atoms with Gasteiger partial charge in [0.2, 0.25) is 5.91 Å². The van der Waals surface area contributed by atoms with Crippen LogP contribution in [0.4, 0.5) is 0 Å². The molecule has 4 heteroatoms. The monoisotopic (exact) mass is 431 g/mol. The van der Waals surface area contributed by atoms with Gasteiger partial charge in [-0.25, -0.2) is 0 Å². The van der Waals surface area contributed by atoms with Gasteiger partial charge in [0.15, 0.2) is 0 Å². The maximum Gasteiger partial charge on any atom is 0.223 e. The van der Waals surface area contributed by atoms with E-state index in [2.05, 4.69) is 38.1 Å². The maximum atomic E-state index is 13.5. The molecule has 1 saturated heterocycles. The van der Waals surface area contributed by atoms with Crippen molar-refractivity contribution in [3.63, 3.8) is 0 Å². The summed E-state index contributed by atoms with van der Waals surface area (Å²) in [6.45, 7) is 5.87. The van der Waals surface area contributed by atoms with Crippen LogP contribution in [-0.2, 0) is 11.2 Å². The van der Waals surface area contributed by atoms with Crippen molar-refractivity contribution in [2.45, 2.75) is 45.4 Å². The molecule has 0 aliphatic carbocycles. The fourth-order valence-corrected chi connectivity index (χ4v) is 5.03. The van der Waals surface area contributed by atoms with E-state index in [1.165, 1.54) is 6.42 Å². The number of aromatic hydroxyl groups is 1. The van der Waals surface area contributed by atoms with E-state index in [0.29, 0.717) is 23.7 Å². The van der Waals surface area contributed by atoms with Crippen LogP contribution in [0.25, 0.3) is 10.8 Å². The van der Waals surface area contributed by atoms with Crippen LogP contribution in [0.2, 0.25) is 0 Å². The average molecular weight is 432 g/mol. The second kappa shape index (κ2) is 9.64. The summed E-state index contributed by atoms with van der Waals surface area (Å²) in [7, 11) is 1.63. The van der Waals surface area contributed by atoms with Gasteiger partial charge in [-0.3, -0.25) is 4.79 Å². The van der Waals surface area contributed by atoms with Gasteiger partial charge in [-0.2, -0.15) is 0 Å². The number of phenols is 1. The molecule has 0 spiro atoms. The highest BCUT2D eigenvalue weighted by molar-refractivity contribution is 5.88. The molecule has 3 aromatic rings. The summed E-state index contributed by atoms with van der Waals surface area (Å²) in [6, 6.07) is 18.2.